The molecule has 0 N–H and O–H groups in total. The third-order valence-electron chi connectivity index (χ3n) is 14.5. The van der Waals surface area contributed by atoms with Crippen LogP contribution in [0, 0.1) is 18.8 Å². The topological polar surface area (TPSA) is 33.5 Å². The van der Waals surface area contributed by atoms with Crippen LogP contribution < -0.4 is 14.5 Å². The van der Waals surface area contributed by atoms with Gasteiger partial charge >= 0.3 is 0 Å². The first-order valence-electron chi connectivity index (χ1n) is 30.5. The summed E-state index contributed by atoms with van der Waals surface area (Å²) in [5.74, 6) is 1.37. The summed E-state index contributed by atoms with van der Waals surface area (Å²) in [6.07, 6.45) is 1.80. The average molecular weight is 1190 g/mol. The molecule has 0 saturated heterocycles. The van der Waals surface area contributed by atoms with E-state index >= 15 is 0 Å². The molecule has 2 aromatic heterocycles. The van der Waals surface area contributed by atoms with Gasteiger partial charge in [0.05, 0.1) is 13.7 Å². The van der Waals surface area contributed by atoms with E-state index in [-0.39, 0.29) is 67.2 Å². The molecule has 9 aromatic carbocycles. The van der Waals surface area contributed by atoms with Gasteiger partial charge in [-0.3, -0.25) is 0 Å². The Morgan fingerprint density at radius 1 is 0.494 bits per heavy atom. The summed E-state index contributed by atoms with van der Waals surface area (Å²) in [6, 6.07) is 52.9. The fourth-order valence-corrected chi connectivity index (χ4v) is 10.2. The molecule has 384 valence electrons. The van der Waals surface area contributed by atoms with Crippen LogP contribution in [-0.2, 0) is 37.3 Å². The number of nitrogens with zero attached hydrogens (tertiary/aromatic N) is 4. The molecule has 0 atom stereocenters. The van der Waals surface area contributed by atoms with Crippen molar-refractivity contribution >= 4 is 44.6 Å². The second-order valence-corrected chi connectivity index (χ2v) is 21.9. The predicted octanol–water partition coefficient (Wildman–Crippen LogP) is 18.9. The number of ether oxygens (including phenoxy) is 1. The summed E-state index contributed by atoms with van der Waals surface area (Å²) >= 11 is 0. The summed E-state index contributed by atoms with van der Waals surface area (Å²) in [5, 5.41) is 1.51. The molecule has 6 heteroatoms. The van der Waals surface area contributed by atoms with E-state index < -0.39 is 41.7 Å². The molecule has 0 bridgehead atoms. The van der Waals surface area contributed by atoms with Crippen LogP contribution in [0.4, 0.5) is 22.7 Å². The van der Waals surface area contributed by atoms with E-state index in [0.717, 1.165) is 61.0 Å². The minimum Gasteiger partial charge on any atom is -0.509 e. The normalized spacial score (nSPS) is 14.5. The first kappa shape index (κ1) is 40.3. The van der Waals surface area contributed by atoms with Crippen LogP contribution in [0.25, 0.3) is 61.0 Å². The van der Waals surface area contributed by atoms with E-state index in [9.17, 15) is 2.74 Å². The fraction of sp³-hybridized carbons (Fsp3) is 0.155. The molecule has 0 aliphatic carbocycles. The van der Waals surface area contributed by atoms with Crippen molar-refractivity contribution in [2.75, 3.05) is 9.80 Å². The number of rotatable bonds is 10. The number of benzene rings is 9. The van der Waals surface area contributed by atoms with Gasteiger partial charge in [-0.05, 0) is 91.1 Å². The third-order valence-corrected chi connectivity index (χ3v) is 14.5. The monoisotopic (exact) mass is 1190 g/mol. The van der Waals surface area contributed by atoms with Gasteiger partial charge in [0.1, 0.15) is 5.82 Å². The first-order chi connectivity index (χ1) is 40.8. The van der Waals surface area contributed by atoms with Crippen LogP contribution >= 0.6 is 0 Å². The van der Waals surface area contributed by atoms with Crippen LogP contribution in [0.2, 0.25) is 0 Å². The summed E-state index contributed by atoms with van der Waals surface area (Å²) in [7, 11) is 0. The number of aromatic nitrogens is 2. The van der Waals surface area contributed by atoms with Gasteiger partial charge in [0.25, 0.3) is 0 Å². The molecule has 1 aliphatic rings. The molecule has 0 unspecified atom stereocenters. The molecular weight excluding hydrogens is 1120 g/mol. The largest absolute Gasteiger partial charge is 0.509 e. The zero-order valence-electron chi connectivity index (χ0n) is 54.1. The van der Waals surface area contributed by atoms with Gasteiger partial charge in [0, 0.05) is 77.9 Å². The smallest absolute Gasteiger partial charge is 0.135 e. The molecule has 0 amide bonds. The van der Waals surface area contributed by atoms with Crippen molar-refractivity contribution in [3.63, 3.8) is 0 Å². The van der Waals surface area contributed by atoms with E-state index in [1.54, 1.807) is 12.3 Å². The Bertz CT molecular complexity index is 4480. The molecule has 0 fully saturated rings. The molecular formula is C71H61N4OPt-3. The molecule has 0 radical (unpaired) electrons. The van der Waals surface area contributed by atoms with Crippen molar-refractivity contribution < 1.29 is 39.5 Å². The van der Waals surface area contributed by atoms with Crippen LogP contribution in [-0.4, -0.2) is 9.55 Å². The van der Waals surface area contributed by atoms with E-state index in [4.69, 9.17) is 20.7 Å². The second kappa shape index (κ2) is 20.2. The minimum atomic E-state index is -0.467. The van der Waals surface area contributed by atoms with Gasteiger partial charge in [-0.2, -0.15) is 12.1 Å². The molecule has 1 aliphatic heterocycles. The molecule has 0 saturated carbocycles. The number of hydrogen-bond acceptors (Lipinski definition) is 4. The Balaban J connectivity index is 0.00000784. The zero-order chi connectivity index (χ0) is 61.1. The summed E-state index contributed by atoms with van der Waals surface area (Å²) in [4.78, 5) is 8.99. The van der Waals surface area contributed by atoms with Crippen molar-refractivity contribution in [1.82, 2.24) is 9.55 Å². The number of para-hydroxylation sites is 3. The molecule has 5 nitrogen and oxygen atoms in total. The van der Waals surface area contributed by atoms with Gasteiger partial charge in [0.15, 0.2) is 0 Å². The Labute approximate surface area is 482 Å². The molecule has 12 rings (SSSR count). The van der Waals surface area contributed by atoms with Crippen molar-refractivity contribution in [2.45, 2.75) is 71.6 Å². The maximum Gasteiger partial charge on any atom is 0.135 e. The maximum absolute atomic E-state index is 9.28. The van der Waals surface area contributed by atoms with E-state index in [2.05, 4.69) is 104 Å². The number of pyridine rings is 1. The zero-order valence-corrected chi connectivity index (χ0v) is 46.4. The SMILES string of the molecule is [2H]c1c([2H])c([2H])c(-c2ccc3c(c2)c2ccc(Oc4[c-]c(N5[CH-]N(c6c(-c7cc(C(C)(C)C)cc(C(C)(C)C)c7)cccc6-c6c([2H])c([2H])c([2H])c([2H])c6[2H])c6ccccc65)ccc4)[c-]c2n3-c2cc(C(C)(C)c3ccccc3)ccn2)c([2H])c1[2H].[Pt]. The predicted molar refractivity (Wildman–Crippen MR) is 317 cm³/mol. The van der Waals surface area contributed by atoms with Crippen LogP contribution in [0.15, 0.2) is 218 Å². The van der Waals surface area contributed by atoms with Crippen molar-refractivity contribution in [1.29, 1.82) is 0 Å². The van der Waals surface area contributed by atoms with Crippen LogP contribution in [0.1, 0.15) is 91.4 Å². The van der Waals surface area contributed by atoms with E-state index in [1.165, 1.54) is 0 Å². The minimum absolute atomic E-state index is 0. The number of anilines is 4. The average Bonchev–Trinajstić information content (AvgIpc) is 3.48. The Hall–Kier alpha value is -7.98. The standard InChI is InChI=1S/C71H61N4O.Pt/c1-69(2,3)54-40-51(41-55(43-54)70(4,5)6)60-31-21-30-59(49-24-14-10-15-25-49)68(60)74-47-73(64-32-18-19-33-65(64)74)56-28-20-29-57(45-56)76-58-35-36-61-62-42-50(48-22-12-9-13-23-48)34-37-63(62)75(66(61)46-58)67-44-53(38-39-72-67)71(7,8)52-26-16-11-17-27-52;/h9-44,47H,1-8H3;/q-3;/i9D,10D,12D,13D,14D,15D,22D,23D,24D,25D;. The maximum atomic E-state index is 9.28. The van der Waals surface area contributed by atoms with Crippen LogP contribution in [0.5, 0.6) is 11.5 Å². The summed E-state index contributed by atoms with van der Waals surface area (Å²) in [5.41, 5.74) is 10.6. The molecule has 3 heterocycles. The van der Waals surface area contributed by atoms with Gasteiger partial charge < -0.3 is 19.1 Å². The van der Waals surface area contributed by atoms with Crippen molar-refractivity contribution in [3.8, 4) is 50.7 Å². The fourth-order valence-electron chi connectivity index (χ4n) is 10.2. The molecule has 0 spiro atoms. The summed E-state index contributed by atoms with van der Waals surface area (Å²) in [6.45, 7) is 19.4. The summed E-state index contributed by atoms with van der Waals surface area (Å²) < 4.78 is 96.3. The Morgan fingerprint density at radius 3 is 1.81 bits per heavy atom. The molecule has 77 heavy (non-hydrogen) atoms. The van der Waals surface area contributed by atoms with Gasteiger partial charge in [-0.15, -0.1) is 48.1 Å². The third kappa shape index (κ3) is 9.68. The Morgan fingerprint density at radius 2 is 1.12 bits per heavy atom. The Kier molecular flexibility index (Phi) is 10.6. The number of fused-ring (bicyclic) bond motifs is 4. The number of hydrogen-bond donors (Lipinski definition) is 0. The van der Waals surface area contributed by atoms with Crippen molar-refractivity contribution in [3.05, 3.63) is 259 Å². The van der Waals surface area contributed by atoms with E-state index in [0.29, 0.717) is 45.3 Å². The first-order valence-corrected chi connectivity index (χ1v) is 25.5. The van der Waals surface area contributed by atoms with Crippen LogP contribution in [0.3, 0.4) is 0 Å². The van der Waals surface area contributed by atoms with Gasteiger partial charge in [-0.25, -0.2) is 4.98 Å². The molecule has 11 aromatic rings. The second-order valence-electron chi connectivity index (χ2n) is 21.9. The van der Waals surface area contributed by atoms with Crippen molar-refractivity contribution in [2.24, 2.45) is 0 Å². The quantitative estimate of drug-likeness (QED) is 0.128. The van der Waals surface area contributed by atoms with Gasteiger partial charge in [-0.1, -0.05) is 212 Å². The van der Waals surface area contributed by atoms with E-state index in [1.807, 2.05) is 130 Å². The van der Waals surface area contributed by atoms with Gasteiger partial charge in [0.2, 0.25) is 0 Å².